The van der Waals surface area contributed by atoms with E-state index in [1.54, 1.807) is 50.3 Å². The number of ether oxygens (including phenoxy) is 3. The highest BCUT2D eigenvalue weighted by Crippen LogP contribution is 2.29. The number of non-ortho nitro benzene ring substituents is 1. The van der Waals surface area contributed by atoms with Crippen molar-refractivity contribution >= 4 is 40.8 Å². The highest BCUT2D eigenvalue weighted by Gasteiger charge is 2.34. The first-order chi connectivity index (χ1) is 30.0. The van der Waals surface area contributed by atoms with Crippen LogP contribution in [0.2, 0.25) is 0 Å². The number of nitrogens with zero attached hydrogens (tertiary/aromatic N) is 3. The molecule has 17 nitrogen and oxygen atoms in total. The van der Waals surface area contributed by atoms with Crippen LogP contribution in [0.3, 0.4) is 0 Å². The van der Waals surface area contributed by atoms with E-state index in [4.69, 9.17) is 19.9 Å². The molecule has 5 N–H and O–H groups in total. The molecular weight excluding hydrogens is 813 g/mol. The van der Waals surface area contributed by atoms with Crippen molar-refractivity contribution < 1.29 is 48.2 Å². The largest absolute Gasteiger partial charge is 0.439 e. The number of anilines is 1. The third-order valence-corrected chi connectivity index (χ3v) is 11.5. The molecule has 5 rings (SSSR count). The molecule has 2 aliphatic heterocycles. The van der Waals surface area contributed by atoms with E-state index < -0.39 is 64.7 Å². The summed E-state index contributed by atoms with van der Waals surface area (Å²) in [6, 6.07) is 13.5. The van der Waals surface area contributed by atoms with Crippen molar-refractivity contribution in [3.63, 3.8) is 0 Å². The van der Waals surface area contributed by atoms with Crippen molar-refractivity contribution in [1.29, 1.82) is 0 Å². The molecule has 63 heavy (non-hydrogen) atoms. The third kappa shape index (κ3) is 12.4. The van der Waals surface area contributed by atoms with Gasteiger partial charge < -0.3 is 40.6 Å². The van der Waals surface area contributed by atoms with Gasteiger partial charge in [0.05, 0.1) is 28.5 Å². The number of hydrogen-bond donors (Lipinski definition) is 4. The molecule has 2 heterocycles. The molecule has 0 aromatic heterocycles. The monoisotopic (exact) mass is 868 g/mol. The average molecular weight is 869 g/mol. The van der Waals surface area contributed by atoms with Gasteiger partial charge in [-0.3, -0.25) is 34.2 Å². The Hall–Kier alpha value is -6.27. The van der Waals surface area contributed by atoms with E-state index in [1.165, 1.54) is 45.4 Å². The molecule has 0 unspecified atom stereocenters. The number of aliphatic hydroxyl groups is 1. The molecule has 0 spiro atoms. The fourth-order valence-electron chi connectivity index (χ4n) is 7.88. The highest BCUT2D eigenvalue weighted by molar-refractivity contribution is 6.24. The molecule has 2 bridgehead atoms. The van der Waals surface area contributed by atoms with Gasteiger partial charge in [-0.15, -0.1) is 0 Å². The van der Waals surface area contributed by atoms with Crippen LogP contribution in [0.4, 0.5) is 16.2 Å². The first-order valence-corrected chi connectivity index (χ1v) is 20.7. The first kappa shape index (κ1) is 47.8. The number of nitrogens with two attached hydrogens (primary N) is 1. The Labute approximate surface area is 366 Å². The number of carbonyl (C=O) groups is 5. The number of allylic oxidation sites excluding steroid dienone is 4. The molecular formula is C46H56N6O11. The van der Waals surface area contributed by atoms with Crippen LogP contribution < -0.4 is 21.3 Å². The van der Waals surface area contributed by atoms with E-state index >= 15 is 0 Å². The van der Waals surface area contributed by atoms with E-state index in [9.17, 15) is 39.2 Å². The van der Waals surface area contributed by atoms with E-state index in [2.05, 4.69) is 20.4 Å². The Kier molecular flexibility index (Phi) is 16.4. The number of methoxy groups -OCH3 is 2. The maximum absolute atomic E-state index is 14.2. The van der Waals surface area contributed by atoms with Crippen LogP contribution in [0.1, 0.15) is 56.5 Å². The molecule has 17 heteroatoms. The minimum atomic E-state index is -1.06. The molecule has 1 aliphatic carbocycles. The van der Waals surface area contributed by atoms with E-state index in [0.29, 0.717) is 12.1 Å². The van der Waals surface area contributed by atoms with Gasteiger partial charge >= 0.3 is 6.09 Å². The number of carbonyl (C=O) groups excluding carboxylic acids is 5. The lowest BCUT2D eigenvalue weighted by molar-refractivity contribution is -0.384. The maximum atomic E-state index is 14.2. The van der Waals surface area contributed by atoms with Gasteiger partial charge in [0.2, 0.25) is 11.6 Å². The number of Topliss-reactive ketones (excluding diaryl/α,β-unsaturated/α-hetero) is 1. The lowest BCUT2D eigenvalue weighted by Crippen LogP contribution is -2.45. The van der Waals surface area contributed by atoms with Crippen LogP contribution in [0.25, 0.3) is 0 Å². The normalized spacial score (nSPS) is 26.7. The van der Waals surface area contributed by atoms with Crippen molar-refractivity contribution in [2.24, 2.45) is 17.6 Å². The number of nitrogens with one attached hydrogen (secondary N) is 2. The summed E-state index contributed by atoms with van der Waals surface area (Å²) < 4.78 is 16.7. The summed E-state index contributed by atoms with van der Waals surface area (Å²) in [7, 11) is 2.86. The lowest BCUT2D eigenvalue weighted by Gasteiger charge is -2.36. The maximum Gasteiger partial charge on any atom is 0.405 e. The number of nitro groups is 1. The topological polar surface area (TPSA) is 233 Å². The summed E-state index contributed by atoms with van der Waals surface area (Å²) in [4.78, 5) is 82.0. The quantitative estimate of drug-likeness (QED) is 0.118. The van der Waals surface area contributed by atoms with Crippen molar-refractivity contribution in [3.05, 3.63) is 128 Å². The van der Waals surface area contributed by atoms with Gasteiger partial charge in [0.15, 0.2) is 6.10 Å². The van der Waals surface area contributed by atoms with Gasteiger partial charge in [-0.25, -0.2) is 4.79 Å². The predicted octanol–water partition coefficient (Wildman–Crippen LogP) is 4.42. The van der Waals surface area contributed by atoms with Crippen molar-refractivity contribution in [2.75, 3.05) is 45.3 Å². The molecule has 0 saturated carbocycles. The number of rotatable bonds is 9. The first-order valence-electron chi connectivity index (χ1n) is 20.7. The molecule has 3 amide bonds. The summed E-state index contributed by atoms with van der Waals surface area (Å²) in [6.07, 6.45) is 2.82. The minimum Gasteiger partial charge on any atom is -0.439 e. The van der Waals surface area contributed by atoms with E-state index in [0.717, 1.165) is 43.5 Å². The summed E-state index contributed by atoms with van der Waals surface area (Å²) in [5, 5.41) is 27.7. The number of hydrogen-bond acceptors (Lipinski definition) is 13. The van der Waals surface area contributed by atoms with Crippen LogP contribution in [-0.2, 0) is 35.1 Å². The molecule has 2 aromatic carbocycles. The molecule has 6 atom stereocenters. The number of fused-ring (bicyclic) bond motifs is 2. The fraction of sp³-hybridized carbons (Fsp3) is 0.413. The highest BCUT2D eigenvalue weighted by atomic mass is 16.6. The number of ketones is 2. The smallest absolute Gasteiger partial charge is 0.405 e. The van der Waals surface area contributed by atoms with Gasteiger partial charge in [0.1, 0.15) is 6.10 Å². The number of piperazine rings is 1. The molecule has 1 saturated heterocycles. The van der Waals surface area contributed by atoms with Crippen LogP contribution in [0, 0.1) is 22.0 Å². The standard InChI is InChI=1S/C46H56N6O11/c1-27-22-35-40(49-45(57)32-12-10-31(11-13-32)26-50-18-20-51(21-19-50)33-14-16-34(17-15-33)52(59)60)37(53)25-36(42(35)55)48-44(56)28(2)8-7-9-38(61-5)43(63-46(47)58)30(4)24-29(3)41(54)39(23-27)62-6/h7-17,24-25,27,29,38-39,41,43,54H,18-23,26H2,1-6H3,(H2,47,58)(H,48,56)(H,49,57)/b9-7-,28-8+,30-24+/t27-,29+,38+,39+,41-,43+/m1/s1. The van der Waals surface area contributed by atoms with Crippen molar-refractivity contribution in [3.8, 4) is 0 Å². The fourth-order valence-corrected chi connectivity index (χ4v) is 7.88. The van der Waals surface area contributed by atoms with Crippen LogP contribution in [-0.4, -0.2) is 109 Å². The van der Waals surface area contributed by atoms with E-state index in [-0.39, 0.29) is 52.6 Å². The molecule has 3 aliphatic rings. The van der Waals surface area contributed by atoms with Crippen molar-refractivity contribution in [2.45, 2.75) is 71.5 Å². The zero-order valence-electron chi connectivity index (χ0n) is 36.4. The Morgan fingerprint density at radius 1 is 0.984 bits per heavy atom. The summed E-state index contributed by atoms with van der Waals surface area (Å²) >= 11 is 0. The number of nitro benzene ring substituents is 1. The zero-order chi connectivity index (χ0) is 46.0. The predicted molar refractivity (Wildman–Crippen MR) is 234 cm³/mol. The molecule has 1 fully saturated rings. The molecule has 336 valence electrons. The van der Waals surface area contributed by atoms with Gasteiger partial charge in [-0.2, -0.15) is 0 Å². The summed E-state index contributed by atoms with van der Waals surface area (Å²) in [5.41, 5.74) is 7.82. The Morgan fingerprint density at radius 3 is 2.25 bits per heavy atom. The van der Waals surface area contributed by atoms with Crippen LogP contribution in [0.15, 0.2) is 107 Å². The van der Waals surface area contributed by atoms with Crippen LogP contribution in [0.5, 0.6) is 0 Å². The number of amides is 3. The van der Waals surface area contributed by atoms with Gasteiger partial charge in [-0.05, 0) is 68.0 Å². The second-order valence-electron chi connectivity index (χ2n) is 16.1. The molecule has 0 radical (unpaired) electrons. The zero-order valence-corrected chi connectivity index (χ0v) is 36.4. The second kappa shape index (κ2) is 21.7. The number of aliphatic hydroxyl groups excluding tert-OH is 1. The Balaban J connectivity index is 1.35. The second-order valence-corrected chi connectivity index (χ2v) is 16.1. The lowest BCUT2D eigenvalue weighted by atomic mass is 9.85. The Morgan fingerprint density at radius 2 is 1.65 bits per heavy atom. The number of primary amides is 1. The van der Waals surface area contributed by atoms with Crippen molar-refractivity contribution in [1.82, 2.24) is 15.5 Å². The van der Waals surface area contributed by atoms with Gasteiger partial charge in [0, 0.05) is 93.5 Å². The minimum absolute atomic E-state index is 0.00917. The SMILES string of the molecule is CO[C@H]1/C=C\C=C(/C)C(=O)NC2=CC(=O)C(NC(=O)c3ccc(CN4CCN(c5ccc([N+](=O)[O-])cc5)CC4)cc3)=C(C[C@@H](C)C[C@H](OC)[C@H](O)[C@@H](C)/C=C(\C)[C@@H]1OC(N)=O)C2=O. The average Bonchev–Trinajstić information content (AvgIpc) is 3.26. The molecule has 2 aromatic rings. The number of benzene rings is 2. The third-order valence-electron chi connectivity index (χ3n) is 11.5. The Bertz CT molecular complexity index is 2200. The summed E-state index contributed by atoms with van der Waals surface area (Å²) in [5.74, 6) is -3.52. The van der Waals surface area contributed by atoms with Crippen LogP contribution >= 0.6 is 0 Å². The van der Waals surface area contributed by atoms with Gasteiger partial charge in [0.25, 0.3) is 17.5 Å². The summed E-state index contributed by atoms with van der Waals surface area (Å²) in [6.45, 7) is 10.4. The van der Waals surface area contributed by atoms with E-state index in [1.807, 2.05) is 19.1 Å². The van der Waals surface area contributed by atoms with Gasteiger partial charge in [-0.1, -0.05) is 50.3 Å².